The molecule has 0 unspecified atom stereocenters. The monoisotopic (exact) mass is 398 g/mol. The van der Waals surface area contributed by atoms with Gasteiger partial charge in [0.25, 0.3) is 0 Å². The molecule has 2 aromatic heterocycles. The van der Waals surface area contributed by atoms with Crippen LogP contribution in [0, 0.1) is 0 Å². The first-order valence-electron chi connectivity index (χ1n) is 9.19. The molecule has 0 fully saturated rings. The van der Waals surface area contributed by atoms with Crippen molar-refractivity contribution in [2.75, 3.05) is 5.73 Å². The van der Waals surface area contributed by atoms with E-state index in [0.717, 1.165) is 39.9 Å². The fraction of sp³-hybridized carbons (Fsp3) is 0.0435. The molecule has 0 bridgehead atoms. The lowest BCUT2D eigenvalue weighted by Crippen LogP contribution is -1.96. The number of aldehydes is 2. The van der Waals surface area contributed by atoms with Crippen LogP contribution in [-0.2, 0) is 7.05 Å². The summed E-state index contributed by atoms with van der Waals surface area (Å²) < 4.78 is 6.98. The highest BCUT2D eigenvalue weighted by Gasteiger charge is 2.13. The van der Waals surface area contributed by atoms with Crippen molar-refractivity contribution in [3.05, 3.63) is 77.9 Å². The lowest BCUT2D eigenvalue weighted by molar-refractivity contribution is 0.109. The largest absolute Gasteiger partial charge is 0.404 e. The van der Waals surface area contributed by atoms with E-state index >= 15 is 0 Å². The third-order valence-electron chi connectivity index (χ3n) is 4.85. The van der Waals surface area contributed by atoms with Gasteiger partial charge in [-0.3, -0.25) is 9.59 Å². The Bertz CT molecular complexity index is 1350. The van der Waals surface area contributed by atoms with Crippen LogP contribution in [0.4, 0.5) is 6.01 Å². The van der Waals surface area contributed by atoms with Crippen LogP contribution in [-0.4, -0.2) is 27.3 Å². The summed E-state index contributed by atoms with van der Waals surface area (Å²) in [6, 6.07) is 21.1. The van der Waals surface area contributed by atoms with Crippen LogP contribution in [0.15, 0.2) is 71.1 Å². The molecule has 0 atom stereocenters. The van der Waals surface area contributed by atoms with Crippen LogP contribution in [0.3, 0.4) is 0 Å². The predicted octanol–water partition coefficient (Wildman–Crippen LogP) is 4.28. The van der Waals surface area contributed by atoms with Gasteiger partial charge in [-0.05, 0) is 18.2 Å². The normalized spacial score (nSPS) is 10.6. The molecule has 30 heavy (non-hydrogen) atoms. The number of hydrogen-bond acceptors (Lipinski definition) is 6. The van der Waals surface area contributed by atoms with Crippen LogP contribution in [0.2, 0.25) is 0 Å². The number of carbonyl (C=O) groups excluding carboxylic acids is 2. The highest BCUT2D eigenvalue weighted by molar-refractivity contribution is 6.14. The maximum absolute atomic E-state index is 11.3. The maximum Gasteiger partial charge on any atom is 0.313 e. The zero-order valence-electron chi connectivity index (χ0n) is 16.1. The van der Waals surface area contributed by atoms with E-state index in [2.05, 4.69) is 10.2 Å². The zero-order valence-corrected chi connectivity index (χ0v) is 16.1. The third kappa shape index (κ3) is 3.33. The number of nitrogens with two attached hydrogens (primary N) is 1. The molecule has 0 amide bonds. The van der Waals surface area contributed by atoms with Crippen molar-refractivity contribution >= 4 is 40.4 Å². The SMILES string of the molecule is Cn1c2ccccc2c2ccc(C=O)c(C=O)c21.Nc1nnc(-c2ccccc2)o1. The van der Waals surface area contributed by atoms with E-state index in [4.69, 9.17) is 10.2 Å². The van der Waals surface area contributed by atoms with Gasteiger partial charge in [0, 0.05) is 40.0 Å². The Kier molecular flexibility index (Phi) is 5.09. The van der Waals surface area contributed by atoms with Gasteiger partial charge in [0.1, 0.15) is 0 Å². The van der Waals surface area contributed by atoms with Gasteiger partial charge < -0.3 is 14.7 Å². The van der Waals surface area contributed by atoms with E-state index in [1.54, 1.807) is 6.07 Å². The number of anilines is 1. The summed E-state index contributed by atoms with van der Waals surface area (Å²) in [7, 11) is 1.91. The number of carbonyl (C=O) groups is 2. The number of benzene rings is 3. The number of aryl methyl sites for hydroxylation is 1. The number of fused-ring (bicyclic) bond motifs is 3. The molecule has 5 aromatic rings. The quantitative estimate of drug-likeness (QED) is 0.455. The minimum absolute atomic E-state index is 0.0915. The highest BCUT2D eigenvalue weighted by Crippen LogP contribution is 2.30. The Labute approximate surface area is 171 Å². The molecule has 3 aromatic carbocycles. The Morgan fingerprint density at radius 1 is 0.867 bits per heavy atom. The van der Waals surface area contributed by atoms with Gasteiger partial charge in [-0.1, -0.05) is 53.6 Å². The van der Waals surface area contributed by atoms with Gasteiger partial charge in [-0.15, -0.1) is 5.10 Å². The minimum atomic E-state index is 0.0915. The van der Waals surface area contributed by atoms with Gasteiger partial charge in [0.2, 0.25) is 5.89 Å². The molecule has 148 valence electrons. The van der Waals surface area contributed by atoms with Gasteiger partial charge >= 0.3 is 6.01 Å². The molecule has 0 radical (unpaired) electrons. The molecule has 2 N–H and O–H groups in total. The molecule has 0 aliphatic heterocycles. The minimum Gasteiger partial charge on any atom is -0.404 e. The molecule has 7 heteroatoms. The van der Waals surface area contributed by atoms with Crippen molar-refractivity contribution < 1.29 is 14.0 Å². The van der Waals surface area contributed by atoms with Crippen LogP contribution < -0.4 is 5.73 Å². The second-order valence-corrected chi connectivity index (χ2v) is 6.59. The molecule has 0 spiro atoms. The summed E-state index contributed by atoms with van der Waals surface area (Å²) in [4.78, 5) is 22.2. The summed E-state index contributed by atoms with van der Waals surface area (Å²) in [6.45, 7) is 0. The number of para-hydroxylation sites is 1. The Balaban J connectivity index is 0.000000158. The fourth-order valence-electron chi connectivity index (χ4n) is 3.48. The molecule has 0 saturated carbocycles. The molecule has 0 aliphatic carbocycles. The zero-order chi connectivity index (χ0) is 21.1. The molecule has 0 aliphatic rings. The maximum atomic E-state index is 11.3. The number of nitrogen functional groups attached to an aromatic ring is 1. The summed E-state index contributed by atoms with van der Waals surface area (Å²) in [5, 5.41) is 9.39. The highest BCUT2D eigenvalue weighted by atomic mass is 16.4. The Morgan fingerprint density at radius 3 is 2.27 bits per heavy atom. The summed E-state index contributed by atoms with van der Waals surface area (Å²) in [5.74, 6) is 0.452. The molecular formula is C23H18N4O3. The molecule has 2 heterocycles. The van der Waals surface area contributed by atoms with Crippen molar-refractivity contribution in [2.45, 2.75) is 0 Å². The second-order valence-electron chi connectivity index (χ2n) is 6.59. The number of nitrogens with zero attached hydrogens (tertiary/aromatic N) is 3. The van der Waals surface area contributed by atoms with Crippen molar-refractivity contribution in [2.24, 2.45) is 7.05 Å². The number of rotatable bonds is 3. The first-order valence-corrected chi connectivity index (χ1v) is 9.19. The lowest BCUT2D eigenvalue weighted by Gasteiger charge is -2.03. The van der Waals surface area contributed by atoms with Gasteiger partial charge in [0.05, 0.1) is 5.52 Å². The average Bonchev–Trinajstić information content (AvgIpc) is 3.36. The second kappa shape index (κ2) is 8.00. The van der Waals surface area contributed by atoms with Crippen LogP contribution in [0.1, 0.15) is 20.7 Å². The average molecular weight is 398 g/mol. The first kappa shape index (κ1) is 19.1. The first-order chi connectivity index (χ1) is 14.6. The lowest BCUT2D eigenvalue weighted by atomic mass is 10.0. The smallest absolute Gasteiger partial charge is 0.313 e. The van der Waals surface area contributed by atoms with Crippen molar-refractivity contribution in [1.29, 1.82) is 0 Å². The van der Waals surface area contributed by atoms with Crippen LogP contribution in [0.25, 0.3) is 33.3 Å². The van der Waals surface area contributed by atoms with Crippen molar-refractivity contribution in [3.63, 3.8) is 0 Å². The van der Waals surface area contributed by atoms with E-state index in [0.29, 0.717) is 17.0 Å². The number of aromatic nitrogens is 3. The molecule has 0 saturated heterocycles. The third-order valence-corrected chi connectivity index (χ3v) is 4.85. The standard InChI is InChI=1S/C15H11NO2.C8H7N3O/c1-16-14-5-3-2-4-11(14)12-7-6-10(8-17)13(9-18)15(12)16;9-8-11-10-7(12-8)6-4-2-1-3-5-6/h2-9H,1H3;1-5H,(H2,9,11). The summed E-state index contributed by atoms with van der Waals surface area (Å²) in [5.41, 5.74) is 8.92. The van der Waals surface area contributed by atoms with E-state index in [1.165, 1.54) is 0 Å². The topological polar surface area (TPSA) is 104 Å². The van der Waals surface area contributed by atoms with E-state index < -0.39 is 0 Å². The van der Waals surface area contributed by atoms with Crippen molar-refractivity contribution in [3.8, 4) is 11.5 Å². The predicted molar refractivity (Wildman–Crippen MR) is 115 cm³/mol. The van der Waals surface area contributed by atoms with Crippen LogP contribution in [0.5, 0.6) is 0 Å². The molecule has 5 rings (SSSR count). The Morgan fingerprint density at radius 2 is 1.60 bits per heavy atom. The summed E-state index contributed by atoms with van der Waals surface area (Å²) in [6.07, 6.45) is 1.48. The van der Waals surface area contributed by atoms with E-state index in [1.807, 2.05) is 72.3 Å². The fourth-order valence-corrected chi connectivity index (χ4v) is 3.48. The van der Waals surface area contributed by atoms with Gasteiger partial charge in [0.15, 0.2) is 12.6 Å². The molecule has 7 nitrogen and oxygen atoms in total. The Hall–Kier alpha value is -4.26. The van der Waals surface area contributed by atoms with Gasteiger partial charge in [-0.25, -0.2) is 0 Å². The molecular weight excluding hydrogens is 380 g/mol. The van der Waals surface area contributed by atoms with Crippen molar-refractivity contribution in [1.82, 2.24) is 14.8 Å². The summed E-state index contributed by atoms with van der Waals surface area (Å²) >= 11 is 0. The van der Waals surface area contributed by atoms with E-state index in [9.17, 15) is 9.59 Å². The van der Waals surface area contributed by atoms with Gasteiger partial charge in [-0.2, -0.15) is 0 Å². The van der Waals surface area contributed by atoms with Crippen LogP contribution >= 0.6 is 0 Å². The van der Waals surface area contributed by atoms with E-state index in [-0.39, 0.29) is 6.01 Å². The number of hydrogen-bond donors (Lipinski definition) is 1.